The van der Waals surface area contributed by atoms with E-state index in [9.17, 15) is 14.7 Å². The number of rotatable bonds is 6. The Morgan fingerprint density at radius 3 is 2.75 bits per heavy atom. The summed E-state index contributed by atoms with van der Waals surface area (Å²) < 4.78 is 5.36. The van der Waals surface area contributed by atoms with E-state index >= 15 is 0 Å². The van der Waals surface area contributed by atoms with Gasteiger partial charge in [-0.15, -0.1) is 0 Å². The lowest BCUT2D eigenvalue weighted by atomic mass is 9.99. The topological polar surface area (TPSA) is 70.8 Å². The summed E-state index contributed by atoms with van der Waals surface area (Å²) in [7, 11) is 0. The molecule has 20 heavy (non-hydrogen) atoms. The second-order valence-corrected chi connectivity index (χ2v) is 4.81. The van der Waals surface area contributed by atoms with Crippen LogP contribution in [0.2, 0.25) is 0 Å². The predicted octanol–water partition coefficient (Wildman–Crippen LogP) is 2.75. The molecular weight excluding hydrogens is 258 g/mol. The van der Waals surface area contributed by atoms with Crippen LogP contribution in [0.15, 0.2) is 34.1 Å². The highest BCUT2D eigenvalue weighted by atomic mass is 16.3. The number of ketones is 1. The number of nitrogens with zero attached hydrogens (tertiary/aromatic N) is 1. The molecule has 0 fully saturated rings. The van der Waals surface area contributed by atoms with E-state index in [1.807, 2.05) is 6.92 Å². The van der Waals surface area contributed by atoms with E-state index in [4.69, 9.17) is 4.42 Å². The molecule has 1 amide bonds. The fourth-order valence-electron chi connectivity index (χ4n) is 2.43. The number of unbranched alkanes of at least 4 members (excludes halogenated alkanes) is 1. The maximum atomic E-state index is 12.2. The van der Waals surface area contributed by atoms with E-state index in [0.717, 1.165) is 12.8 Å². The minimum atomic E-state index is -0.600. The molecule has 2 heterocycles. The van der Waals surface area contributed by atoms with Crippen LogP contribution in [0, 0.1) is 0 Å². The molecule has 108 valence electrons. The molecule has 0 radical (unpaired) electrons. The van der Waals surface area contributed by atoms with E-state index in [-0.39, 0.29) is 17.8 Å². The number of amides is 1. The molecule has 1 aliphatic rings. The van der Waals surface area contributed by atoms with Crippen LogP contribution in [0.1, 0.15) is 44.9 Å². The number of Topliss-reactive ketones (excluding diaryl/α,β-unsaturated/α-hetero) is 1. The quantitative estimate of drug-likeness (QED) is 0.868. The molecule has 0 saturated carbocycles. The molecule has 0 aromatic carbocycles. The minimum Gasteiger partial charge on any atom is -0.503 e. The van der Waals surface area contributed by atoms with Gasteiger partial charge in [0.25, 0.3) is 5.91 Å². The van der Waals surface area contributed by atoms with E-state index in [1.54, 1.807) is 19.1 Å². The molecule has 1 atom stereocenters. The Morgan fingerprint density at radius 1 is 1.45 bits per heavy atom. The van der Waals surface area contributed by atoms with Gasteiger partial charge in [-0.05, 0) is 18.6 Å². The van der Waals surface area contributed by atoms with Crippen LogP contribution in [0.5, 0.6) is 0 Å². The number of furan rings is 1. The second kappa shape index (κ2) is 5.94. The van der Waals surface area contributed by atoms with Gasteiger partial charge in [-0.25, -0.2) is 0 Å². The zero-order chi connectivity index (χ0) is 14.7. The molecule has 1 aromatic heterocycles. The van der Waals surface area contributed by atoms with Gasteiger partial charge in [-0.1, -0.05) is 20.3 Å². The van der Waals surface area contributed by atoms with Gasteiger partial charge in [0.05, 0.1) is 11.8 Å². The maximum Gasteiger partial charge on any atom is 0.290 e. The molecule has 1 aliphatic heterocycles. The van der Waals surface area contributed by atoms with E-state index in [0.29, 0.717) is 12.3 Å². The zero-order valence-electron chi connectivity index (χ0n) is 11.8. The van der Waals surface area contributed by atoms with Crippen LogP contribution < -0.4 is 0 Å². The van der Waals surface area contributed by atoms with Crippen molar-refractivity contribution in [3.63, 3.8) is 0 Å². The first-order valence-electron chi connectivity index (χ1n) is 6.92. The lowest BCUT2D eigenvalue weighted by molar-refractivity contribution is -0.129. The van der Waals surface area contributed by atoms with Crippen LogP contribution in [0.4, 0.5) is 0 Å². The van der Waals surface area contributed by atoms with E-state index in [2.05, 4.69) is 0 Å². The summed E-state index contributed by atoms with van der Waals surface area (Å²) in [5.74, 6) is -0.641. The van der Waals surface area contributed by atoms with E-state index in [1.165, 1.54) is 11.2 Å². The highest BCUT2D eigenvalue weighted by Gasteiger charge is 2.43. The van der Waals surface area contributed by atoms with Crippen molar-refractivity contribution >= 4 is 11.7 Å². The third-order valence-electron chi connectivity index (χ3n) is 3.49. The fraction of sp³-hybridized carbons (Fsp3) is 0.467. The van der Waals surface area contributed by atoms with Crippen molar-refractivity contribution in [2.45, 2.75) is 39.2 Å². The lowest BCUT2D eigenvalue weighted by Crippen LogP contribution is -2.31. The number of aliphatic hydroxyl groups is 1. The first-order valence-corrected chi connectivity index (χ1v) is 6.92. The van der Waals surface area contributed by atoms with Crippen molar-refractivity contribution in [1.82, 2.24) is 4.90 Å². The van der Waals surface area contributed by atoms with Crippen molar-refractivity contribution in [3.05, 3.63) is 35.5 Å². The summed E-state index contributed by atoms with van der Waals surface area (Å²) >= 11 is 0. The monoisotopic (exact) mass is 277 g/mol. The van der Waals surface area contributed by atoms with Crippen molar-refractivity contribution in [1.29, 1.82) is 0 Å². The van der Waals surface area contributed by atoms with Gasteiger partial charge in [0.1, 0.15) is 11.8 Å². The van der Waals surface area contributed by atoms with E-state index < -0.39 is 17.7 Å². The molecule has 0 saturated heterocycles. The second-order valence-electron chi connectivity index (χ2n) is 4.81. The standard InChI is InChI=1S/C15H19NO4/c1-3-5-8-16-13(11-7-6-9-20-11)12(10(17)4-2)14(18)15(16)19/h6-7,9,13,18H,3-5,8H2,1-2H3. The molecule has 0 spiro atoms. The van der Waals surface area contributed by atoms with Crippen molar-refractivity contribution in [2.75, 3.05) is 6.54 Å². The summed E-state index contributed by atoms with van der Waals surface area (Å²) in [6, 6.07) is 2.83. The fourth-order valence-corrected chi connectivity index (χ4v) is 2.43. The molecule has 1 aromatic rings. The normalized spacial score (nSPS) is 19.0. The number of carbonyl (C=O) groups is 2. The number of hydrogen-bond donors (Lipinski definition) is 1. The van der Waals surface area contributed by atoms with Gasteiger partial charge in [-0.3, -0.25) is 9.59 Å². The molecule has 0 aliphatic carbocycles. The van der Waals surface area contributed by atoms with Crippen LogP contribution in [0.25, 0.3) is 0 Å². The first kappa shape index (κ1) is 14.4. The largest absolute Gasteiger partial charge is 0.503 e. The Hall–Kier alpha value is -2.04. The van der Waals surface area contributed by atoms with Gasteiger partial charge >= 0.3 is 0 Å². The Morgan fingerprint density at radius 2 is 2.20 bits per heavy atom. The van der Waals surface area contributed by atoms with Crippen molar-refractivity contribution in [2.24, 2.45) is 0 Å². The zero-order valence-corrected chi connectivity index (χ0v) is 11.8. The molecular formula is C15H19NO4. The molecule has 5 nitrogen and oxygen atoms in total. The molecule has 1 N–H and O–H groups in total. The van der Waals surface area contributed by atoms with Gasteiger partial charge in [0.15, 0.2) is 11.5 Å². The van der Waals surface area contributed by atoms with Gasteiger partial charge in [0, 0.05) is 13.0 Å². The number of carbonyl (C=O) groups excluding carboxylic acids is 2. The number of aliphatic hydroxyl groups excluding tert-OH is 1. The van der Waals surface area contributed by atoms with Crippen molar-refractivity contribution in [3.8, 4) is 0 Å². The summed E-state index contributed by atoms with van der Waals surface area (Å²) in [6.07, 6.45) is 3.48. The van der Waals surface area contributed by atoms with Crippen molar-refractivity contribution < 1.29 is 19.1 Å². The maximum absolute atomic E-state index is 12.2. The SMILES string of the molecule is CCCCN1C(=O)C(O)=C(C(=O)CC)C1c1ccco1. The molecule has 0 bridgehead atoms. The highest BCUT2D eigenvalue weighted by molar-refractivity contribution is 6.08. The van der Waals surface area contributed by atoms with Crippen LogP contribution in [-0.4, -0.2) is 28.2 Å². The third-order valence-corrected chi connectivity index (χ3v) is 3.49. The molecule has 1 unspecified atom stereocenters. The third kappa shape index (κ3) is 2.35. The predicted molar refractivity (Wildman–Crippen MR) is 73.0 cm³/mol. The smallest absolute Gasteiger partial charge is 0.290 e. The minimum absolute atomic E-state index is 0.156. The Labute approximate surface area is 117 Å². The molecule has 5 heteroatoms. The molecule has 2 rings (SSSR count). The summed E-state index contributed by atoms with van der Waals surface area (Å²) in [4.78, 5) is 25.7. The highest BCUT2D eigenvalue weighted by Crippen LogP contribution is 2.38. The Bertz CT molecular complexity index is 530. The van der Waals surface area contributed by atoms with Gasteiger partial charge in [0.2, 0.25) is 0 Å². The Balaban J connectivity index is 2.42. The Kier molecular flexibility index (Phi) is 4.27. The summed E-state index contributed by atoms with van der Waals surface area (Å²) in [5.41, 5.74) is 0.156. The van der Waals surface area contributed by atoms with Crippen LogP contribution >= 0.6 is 0 Å². The summed E-state index contributed by atoms with van der Waals surface area (Å²) in [6.45, 7) is 4.22. The van der Waals surface area contributed by atoms with Crippen LogP contribution in [-0.2, 0) is 9.59 Å². The van der Waals surface area contributed by atoms with Gasteiger partial charge < -0.3 is 14.4 Å². The lowest BCUT2D eigenvalue weighted by Gasteiger charge is -2.24. The average molecular weight is 277 g/mol. The number of hydrogen-bond acceptors (Lipinski definition) is 4. The van der Waals surface area contributed by atoms with Crippen LogP contribution in [0.3, 0.4) is 0 Å². The average Bonchev–Trinajstić information content (AvgIpc) is 3.05. The summed E-state index contributed by atoms with van der Waals surface area (Å²) in [5, 5.41) is 10.0. The van der Waals surface area contributed by atoms with Gasteiger partial charge in [-0.2, -0.15) is 0 Å². The first-order chi connectivity index (χ1) is 9.61.